The standard InChI is InChI=1S/C8H9N3O2/c1-6(2)10-5-8(11(12)13)3-7(10)4-9/h3,5-6H,1-2H3. The van der Waals surface area contributed by atoms with Crippen LogP contribution in [0.5, 0.6) is 0 Å². The van der Waals surface area contributed by atoms with Crippen LogP contribution in [0, 0.1) is 21.4 Å². The lowest BCUT2D eigenvalue weighted by molar-refractivity contribution is -0.384. The molecule has 0 radical (unpaired) electrons. The minimum atomic E-state index is -0.500. The van der Waals surface area contributed by atoms with E-state index in [1.165, 1.54) is 12.3 Å². The van der Waals surface area contributed by atoms with Gasteiger partial charge in [0.05, 0.1) is 17.2 Å². The van der Waals surface area contributed by atoms with Crippen molar-refractivity contribution in [1.82, 2.24) is 4.57 Å². The fourth-order valence-corrected chi connectivity index (χ4v) is 1.08. The second-order valence-corrected chi connectivity index (χ2v) is 2.95. The fourth-order valence-electron chi connectivity index (χ4n) is 1.08. The van der Waals surface area contributed by atoms with Crippen molar-refractivity contribution < 1.29 is 4.92 Å². The van der Waals surface area contributed by atoms with Gasteiger partial charge >= 0.3 is 0 Å². The summed E-state index contributed by atoms with van der Waals surface area (Å²) in [4.78, 5) is 9.89. The van der Waals surface area contributed by atoms with Crippen molar-refractivity contribution in [3.63, 3.8) is 0 Å². The Balaban J connectivity index is 3.21. The molecule has 0 fully saturated rings. The van der Waals surface area contributed by atoms with Crippen LogP contribution in [0.25, 0.3) is 0 Å². The van der Waals surface area contributed by atoms with Gasteiger partial charge in [-0.05, 0) is 13.8 Å². The minimum absolute atomic E-state index is 0.0368. The highest BCUT2D eigenvalue weighted by atomic mass is 16.6. The van der Waals surface area contributed by atoms with E-state index >= 15 is 0 Å². The molecule has 0 atom stereocenters. The lowest BCUT2D eigenvalue weighted by Crippen LogP contribution is -2.00. The second kappa shape index (κ2) is 3.27. The Labute approximate surface area is 75.4 Å². The van der Waals surface area contributed by atoms with Gasteiger partial charge in [0.1, 0.15) is 11.8 Å². The zero-order valence-electron chi connectivity index (χ0n) is 7.39. The molecule has 0 aromatic carbocycles. The van der Waals surface area contributed by atoms with Crippen molar-refractivity contribution in [3.05, 3.63) is 28.1 Å². The molecule has 68 valence electrons. The van der Waals surface area contributed by atoms with Crippen LogP contribution < -0.4 is 0 Å². The number of nitro groups is 1. The topological polar surface area (TPSA) is 71.9 Å². The van der Waals surface area contributed by atoms with Gasteiger partial charge in [0.2, 0.25) is 0 Å². The maximum Gasteiger partial charge on any atom is 0.288 e. The molecule has 0 spiro atoms. The summed E-state index contributed by atoms with van der Waals surface area (Å²) in [6, 6.07) is 3.25. The first-order chi connectivity index (χ1) is 6.06. The highest BCUT2D eigenvalue weighted by molar-refractivity contribution is 5.38. The zero-order chi connectivity index (χ0) is 10.0. The van der Waals surface area contributed by atoms with Crippen LogP contribution >= 0.6 is 0 Å². The molecule has 1 heterocycles. The van der Waals surface area contributed by atoms with E-state index in [1.807, 2.05) is 19.9 Å². The van der Waals surface area contributed by atoms with E-state index in [0.29, 0.717) is 5.69 Å². The molecule has 5 nitrogen and oxygen atoms in total. The van der Waals surface area contributed by atoms with Crippen molar-refractivity contribution in [3.8, 4) is 6.07 Å². The number of hydrogen-bond acceptors (Lipinski definition) is 3. The van der Waals surface area contributed by atoms with Gasteiger partial charge in [-0.2, -0.15) is 5.26 Å². The molecule has 0 aliphatic carbocycles. The third-order valence-electron chi connectivity index (χ3n) is 1.72. The quantitative estimate of drug-likeness (QED) is 0.513. The van der Waals surface area contributed by atoms with E-state index in [-0.39, 0.29) is 11.7 Å². The summed E-state index contributed by atoms with van der Waals surface area (Å²) in [5.41, 5.74) is 0.284. The van der Waals surface area contributed by atoms with Crippen LogP contribution in [-0.2, 0) is 0 Å². The van der Waals surface area contributed by atoms with Crippen LogP contribution in [0.3, 0.4) is 0 Å². The predicted octanol–water partition coefficient (Wildman–Crippen LogP) is 1.85. The van der Waals surface area contributed by atoms with Gasteiger partial charge in [-0.15, -0.1) is 0 Å². The summed E-state index contributed by atoms with van der Waals surface area (Å²) < 4.78 is 1.58. The van der Waals surface area contributed by atoms with Gasteiger partial charge in [-0.1, -0.05) is 0 Å². The number of hydrogen-bond donors (Lipinski definition) is 0. The second-order valence-electron chi connectivity index (χ2n) is 2.95. The molecule has 13 heavy (non-hydrogen) atoms. The van der Waals surface area contributed by atoms with Crippen molar-refractivity contribution >= 4 is 5.69 Å². The van der Waals surface area contributed by atoms with E-state index < -0.39 is 4.92 Å². The average Bonchev–Trinajstić information content (AvgIpc) is 2.47. The molecule has 5 heteroatoms. The normalized spacial score (nSPS) is 10.0. The lowest BCUT2D eigenvalue weighted by atomic mass is 10.3. The SMILES string of the molecule is CC(C)n1cc([N+](=O)[O-])cc1C#N. The first-order valence-electron chi connectivity index (χ1n) is 3.82. The van der Waals surface area contributed by atoms with Gasteiger partial charge in [0, 0.05) is 6.04 Å². The molecule has 0 saturated carbocycles. The molecule has 1 rings (SSSR count). The van der Waals surface area contributed by atoms with E-state index in [4.69, 9.17) is 5.26 Å². The van der Waals surface area contributed by atoms with Gasteiger partial charge in [0.25, 0.3) is 5.69 Å². The molecular formula is C8H9N3O2. The number of nitriles is 1. The average molecular weight is 179 g/mol. The van der Waals surface area contributed by atoms with Crippen LogP contribution in [0.15, 0.2) is 12.3 Å². The van der Waals surface area contributed by atoms with E-state index in [2.05, 4.69) is 0 Å². The Hall–Kier alpha value is -1.83. The van der Waals surface area contributed by atoms with Crippen molar-refractivity contribution in [2.75, 3.05) is 0 Å². The Bertz CT molecular complexity index is 373. The van der Waals surface area contributed by atoms with Crippen LogP contribution in [0.4, 0.5) is 5.69 Å². The maximum absolute atomic E-state index is 10.4. The molecule has 0 aliphatic rings. The third kappa shape index (κ3) is 1.67. The van der Waals surface area contributed by atoms with Gasteiger partial charge in [-0.3, -0.25) is 10.1 Å². The maximum atomic E-state index is 10.4. The summed E-state index contributed by atoms with van der Waals surface area (Å²) in [7, 11) is 0. The Morgan fingerprint density at radius 3 is 2.62 bits per heavy atom. The predicted molar refractivity (Wildman–Crippen MR) is 46.2 cm³/mol. The van der Waals surface area contributed by atoms with Crippen molar-refractivity contribution in [2.45, 2.75) is 19.9 Å². The summed E-state index contributed by atoms with van der Waals surface area (Å²) in [5, 5.41) is 19.1. The van der Waals surface area contributed by atoms with Crippen molar-refractivity contribution in [2.24, 2.45) is 0 Å². The third-order valence-corrected chi connectivity index (χ3v) is 1.72. The number of nitrogens with zero attached hydrogens (tertiary/aromatic N) is 3. The molecule has 1 aromatic rings. The van der Waals surface area contributed by atoms with Crippen LogP contribution in [-0.4, -0.2) is 9.49 Å². The molecule has 0 N–H and O–H groups in total. The molecule has 0 bridgehead atoms. The number of rotatable bonds is 2. The summed E-state index contributed by atoms with van der Waals surface area (Å²) in [5.74, 6) is 0. The molecule has 1 aromatic heterocycles. The lowest BCUT2D eigenvalue weighted by Gasteiger charge is -2.06. The molecular weight excluding hydrogens is 170 g/mol. The summed E-state index contributed by atoms with van der Waals surface area (Å²) in [6.07, 6.45) is 1.38. The summed E-state index contributed by atoms with van der Waals surface area (Å²) >= 11 is 0. The molecule has 0 aliphatic heterocycles. The van der Waals surface area contributed by atoms with Gasteiger partial charge in [-0.25, -0.2) is 0 Å². The van der Waals surface area contributed by atoms with Gasteiger partial charge in [0.15, 0.2) is 0 Å². The highest BCUT2D eigenvalue weighted by Gasteiger charge is 2.14. The minimum Gasteiger partial charge on any atom is -0.330 e. The monoisotopic (exact) mass is 179 g/mol. The van der Waals surface area contributed by atoms with E-state index in [9.17, 15) is 10.1 Å². The van der Waals surface area contributed by atoms with E-state index in [0.717, 1.165) is 0 Å². The Morgan fingerprint density at radius 2 is 2.31 bits per heavy atom. The highest BCUT2D eigenvalue weighted by Crippen LogP contribution is 2.19. The van der Waals surface area contributed by atoms with Crippen LogP contribution in [0.1, 0.15) is 25.6 Å². The first-order valence-corrected chi connectivity index (χ1v) is 3.82. The van der Waals surface area contributed by atoms with Gasteiger partial charge < -0.3 is 4.57 Å². The molecule has 0 saturated heterocycles. The number of aromatic nitrogens is 1. The van der Waals surface area contributed by atoms with Crippen molar-refractivity contribution in [1.29, 1.82) is 5.26 Å². The molecule has 0 amide bonds. The smallest absolute Gasteiger partial charge is 0.288 e. The summed E-state index contributed by atoms with van der Waals surface area (Å²) in [6.45, 7) is 3.73. The molecule has 0 unspecified atom stereocenters. The first kappa shape index (κ1) is 9.26. The van der Waals surface area contributed by atoms with E-state index in [1.54, 1.807) is 4.57 Å². The zero-order valence-corrected chi connectivity index (χ0v) is 7.39. The Kier molecular flexibility index (Phi) is 2.33. The Morgan fingerprint density at radius 1 is 1.69 bits per heavy atom. The van der Waals surface area contributed by atoms with Crippen LogP contribution in [0.2, 0.25) is 0 Å². The largest absolute Gasteiger partial charge is 0.330 e. The fraction of sp³-hybridized carbons (Fsp3) is 0.375.